The second-order valence-electron chi connectivity index (χ2n) is 7.61. The number of aromatic nitrogens is 3. The largest absolute Gasteiger partial charge is 0.325 e. The maximum atomic E-state index is 12.8. The normalized spacial score (nSPS) is 11.7. The molecule has 0 radical (unpaired) electrons. The summed E-state index contributed by atoms with van der Waals surface area (Å²) < 4.78 is 0. The molecule has 0 aliphatic carbocycles. The number of aryl methyl sites for hydroxylation is 3. The first-order valence-corrected chi connectivity index (χ1v) is 10.9. The van der Waals surface area contributed by atoms with Crippen molar-refractivity contribution in [2.45, 2.75) is 45.0 Å². The Morgan fingerprint density at radius 2 is 1.69 bits per heavy atom. The van der Waals surface area contributed by atoms with Gasteiger partial charge in [-0.2, -0.15) is 0 Å². The number of anilines is 2. The molecule has 166 valence electrons. The van der Waals surface area contributed by atoms with Crippen molar-refractivity contribution in [2.75, 3.05) is 10.6 Å². The summed E-state index contributed by atoms with van der Waals surface area (Å²) in [6.45, 7) is 8.85. The van der Waals surface area contributed by atoms with Crippen LogP contribution in [-0.4, -0.2) is 32.2 Å². The zero-order chi connectivity index (χ0) is 23.4. The molecule has 0 saturated heterocycles. The number of hydrogen-bond acceptors (Lipinski definition) is 6. The predicted molar refractivity (Wildman–Crippen MR) is 127 cm³/mol. The van der Waals surface area contributed by atoms with Gasteiger partial charge in [-0.3, -0.25) is 19.4 Å². The van der Waals surface area contributed by atoms with E-state index in [0.29, 0.717) is 16.9 Å². The van der Waals surface area contributed by atoms with Crippen molar-refractivity contribution < 1.29 is 9.59 Å². The Bertz CT molecular complexity index is 1220. The standard InChI is InChI=1S/C23H25N5O3S/c1-12-6-8-17(9-7-12)25-21(30)15(4)32-23-26-22(31)20(27-28-23)18-11-13(2)10-14(3)19(18)24-16(5)29/h6-11,15H,1-5H3,(H,24,29)(H,25,30)(H,26,28,31). The van der Waals surface area contributed by atoms with Crippen LogP contribution in [0.25, 0.3) is 11.3 Å². The molecule has 9 heteroatoms. The fourth-order valence-corrected chi connectivity index (χ4v) is 3.89. The minimum atomic E-state index is -0.511. The van der Waals surface area contributed by atoms with E-state index in [1.165, 1.54) is 6.92 Å². The highest BCUT2D eigenvalue weighted by Gasteiger charge is 2.19. The third-order valence-corrected chi connectivity index (χ3v) is 5.66. The van der Waals surface area contributed by atoms with Crippen LogP contribution in [-0.2, 0) is 9.59 Å². The minimum absolute atomic E-state index is 0.0988. The van der Waals surface area contributed by atoms with Crippen molar-refractivity contribution in [1.29, 1.82) is 0 Å². The molecule has 1 heterocycles. The molecule has 2 aromatic carbocycles. The van der Waals surface area contributed by atoms with Gasteiger partial charge in [0.25, 0.3) is 5.56 Å². The van der Waals surface area contributed by atoms with Gasteiger partial charge in [-0.1, -0.05) is 41.1 Å². The quantitative estimate of drug-likeness (QED) is 0.490. The predicted octanol–water partition coefficient (Wildman–Crippen LogP) is 3.83. The average Bonchev–Trinajstić information content (AvgIpc) is 2.71. The summed E-state index contributed by atoms with van der Waals surface area (Å²) in [5.41, 5.74) is 4.20. The molecular formula is C23H25N5O3S. The third-order valence-electron chi connectivity index (χ3n) is 4.69. The van der Waals surface area contributed by atoms with Crippen LogP contribution >= 0.6 is 11.8 Å². The first-order chi connectivity index (χ1) is 15.1. The lowest BCUT2D eigenvalue weighted by Gasteiger charge is -2.14. The van der Waals surface area contributed by atoms with Crippen molar-refractivity contribution >= 4 is 35.0 Å². The molecule has 8 nitrogen and oxygen atoms in total. The first-order valence-electron chi connectivity index (χ1n) is 10.0. The Balaban J connectivity index is 1.81. The molecule has 32 heavy (non-hydrogen) atoms. The zero-order valence-electron chi connectivity index (χ0n) is 18.6. The number of carbonyl (C=O) groups excluding carboxylic acids is 2. The van der Waals surface area contributed by atoms with Gasteiger partial charge in [0.05, 0.1) is 10.9 Å². The van der Waals surface area contributed by atoms with Crippen LogP contribution in [0.4, 0.5) is 11.4 Å². The topological polar surface area (TPSA) is 117 Å². The van der Waals surface area contributed by atoms with E-state index in [0.717, 1.165) is 28.5 Å². The summed E-state index contributed by atoms with van der Waals surface area (Å²) in [5.74, 6) is -0.462. The van der Waals surface area contributed by atoms with Crippen molar-refractivity contribution in [3.05, 3.63) is 63.4 Å². The van der Waals surface area contributed by atoms with E-state index in [1.807, 2.05) is 51.1 Å². The molecule has 0 bridgehead atoms. The monoisotopic (exact) mass is 451 g/mol. The van der Waals surface area contributed by atoms with Crippen LogP contribution in [0.15, 0.2) is 46.3 Å². The zero-order valence-corrected chi connectivity index (χ0v) is 19.4. The number of carbonyl (C=O) groups is 2. The summed E-state index contributed by atoms with van der Waals surface area (Å²) in [7, 11) is 0. The van der Waals surface area contributed by atoms with Crippen LogP contribution in [0.2, 0.25) is 0 Å². The molecule has 1 unspecified atom stereocenters. The SMILES string of the molecule is CC(=O)Nc1c(C)cc(C)cc1-c1nnc(SC(C)C(=O)Nc2ccc(C)cc2)[nH]c1=O. The van der Waals surface area contributed by atoms with Crippen LogP contribution in [0.3, 0.4) is 0 Å². The van der Waals surface area contributed by atoms with E-state index in [9.17, 15) is 14.4 Å². The van der Waals surface area contributed by atoms with Crippen LogP contribution in [0, 0.1) is 20.8 Å². The van der Waals surface area contributed by atoms with Crippen LogP contribution in [0.5, 0.6) is 0 Å². The lowest BCUT2D eigenvalue weighted by atomic mass is 10.0. The van der Waals surface area contributed by atoms with Gasteiger partial charge in [-0.25, -0.2) is 0 Å². The van der Waals surface area contributed by atoms with Crippen molar-refractivity contribution in [3.8, 4) is 11.3 Å². The number of hydrogen-bond donors (Lipinski definition) is 3. The highest BCUT2D eigenvalue weighted by atomic mass is 32.2. The number of H-pyrrole nitrogens is 1. The Morgan fingerprint density at radius 1 is 1.00 bits per heavy atom. The lowest BCUT2D eigenvalue weighted by Crippen LogP contribution is -2.23. The summed E-state index contributed by atoms with van der Waals surface area (Å²) in [4.78, 5) is 39.6. The van der Waals surface area contributed by atoms with Gasteiger partial charge in [0.1, 0.15) is 0 Å². The van der Waals surface area contributed by atoms with Gasteiger partial charge in [0.2, 0.25) is 11.8 Å². The van der Waals surface area contributed by atoms with E-state index >= 15 is 0 Å². The van der Waals surface area contributed by atoms with Gasteiger partial charge < -0.3 is 10.6 Å². The smallest absolute Gasteiger partial charge is 0.278 e. The van der Waals surface area contributed by atoms with Crippen molar-refractivity contribution in [3.63, 3.8) is 0 Å². The molecule has 0 fully saturated rings. The number of benzene rings is 2. The number of nitrogens with zero attached hydrogens (tertiary/aromatic N) is 2. The summed E-state index contributed by atoms with van der Waals surface area (Å²) in [5, 5.41) is 13.5. The fourth-order valence-electron chi connectivity index (χ4n) is 3.15. The Kier molecular flexibility index (Phi) is 7.09. The summed E-state index contributed by atoms with van der Waals surface area (Å²) in [6, 6.07) is 11.2. The van der Waals surface area contributed by atoms with Crippen LogP contribution in [0.1, 0.15) is 30.5 Å². The van der Waals surface area contributed by atoms with E-state index < -0.39 is 10.8 Å². The Labute approximate surface area is 190 Å². The average molecular weight is 452 g/mol. The number of aromatic amines is 1. The molecule has 3 rings (SSSR count). The number of nitrogens with one attached hydrogen (secondary N) is 3. The highest BCUT2D eigenvalue weighted by Crippen LogP contribution is 2.30. The molecule has 0 spiro atoms. The molecule has 1 atom stereocenters. The first kappa shape index (κ1) is 23.2. The highest BCUT2D eigenvalue weighted by molar-refractivity contribution is 8.00. The van der Waals surface area contributed by atoms with Gasteiger partial charge in [0, 0.05) is 18.2 Å². The van der Waals surface area contributed by atoms with E-state index in [1.54, 1.807) is 13.0 Å². The molecule has 3 N–H and O–H groups in total. The molecule has 0 aliphatic rings. The molecule has 2 amide bonds. The second kappa shape index (κ2) is 9.78. The number of thioether (sulfide) groups is 1. The maximum absolute atomic E-state index is 12.8. The van der Waals surface area contributed by atoms with Gasteiger partial charge >= 0.3 is 0 Å². The molecule has 0 saturated carbocycles. The van der Waals surface area contributed by atoms with Gasteiger partial charge in [0.15, 0.2) is 10.9 Å². The molecule has 3 aromatic rings. The van der Waals surface area contributed by atoms with Crippen molar-refractivity contribution in [2.24, 2.45) is 0 Å². The lowest BCUT2D eigenvalue weighted by molar-refractivity contribution is -0.115. The van der Waals surface area contributed by atoms with E-state index in [4.69, 9.17) is 0 Å². The minimum Gasteiger partial charge on any atom is -0.325 e. The third kappa shape index (κ3) is 5.61. The van der Waals surface area contributed by atoms with Gasteiger partial charge in [-0.15, -0.1) is 10.2 Å². The molecule has 0 aliphatic heterocycles. The van der Waals surface area contributed by atoms with Gasteiger partial charge in [-0.05, 0) is 51.5 Å². The number of rotatable bonds is 6. The Morgan fingerprint density at radius 3 is 2.31 bits per heavy atom. The second-order valence-corrected chi connectivity index (χ2v) is 8.94. The van der Waals surface area contributed by atoms with E-state index in [2.05, 4.69) is 25.8 Å². The molecule has 1 aromatic heterocycles. The van der Waals surface area contributed by atoms with E-state index in [-0.39, 0.29) is 22.7 Å². The molecular weight excluding hydrogens is 426 g/mol. The summed E-state index contributed by atoms with van der Waals surface area (Å²) >= 11 is 1.10. The summed E-state index contributed by atoms with van der Waals surface area (Å²) in [6.07, 6.45) is 0. The van der Waals surface area contributed by atoms with Crippen molar-refractivity contribution in [1.82, 2.24) is 15.2 Å². The Hall–Kier alpha value is -3.46. The number of amides is 2. The maximum Gasteiger partial charge on any atom is 0.278 e. The fraction of sp³-hybridized carbons (Fsp3) is 0.261. The van der Waals surface area contributed by atoms with Crippen LogP contribution < -0.4 is 16.2 Å².